The molecule has 4 aromatic rings. The minimum absolute atomic E-state index is 0.0743. The molecule has 36 heavy (non-hydrogen) atoms. The minimum atomic E-state index is -0.930. The fourth-order valence-corrected chi connectivity index (χ4v) is 3.66. The number of para-hydroxylation sites is 2. The highest BCUT2D eigenvalue weighted by atomic mass is 19.1. The van der Waals surface area contributed by atoms with Crippen molar-refractivity contribution in [3.63, 3.8) is 0 Å². The Labute approximate surface area is 207 Å². The van der Waals surface area contributed by atoms with E-state index < -0.39 is 29.7 Å². The molecule has 0 aliphatic heterocycles. The summed E-state index contributed by atoms with van der Waals surface area (Å²) in [4.78, 5) is 25.1. The number of halogens is 1. The van der Waals surface area contributed by atoms with E-state index in [9.17, 15) is 19.1 Å². The van der Waals surface area contributed by atoms with Crippen LogP contribution in [0, 0.1) is 5.82 Å². The number of fused-ring (bicyclic) bond motifs is 1. The molecule has 0 saturated carbocycles. The highest BCUT2D eigenvalue weighted by molar-refractivity contribution is 6.01. The number of hydrogen-bond donors (Lipinski definition) is 4. The van der Waals surface area contributed by atoms with E-state index in [1.165, 1.54) is 24.3 Å². The molecule has 0 saturated heterocycles. The van der Waals surface area contributed by atoms with Crippen molar-refractivity contribution in [3.05, 3.63) is 108 Å². The molecule has 182 valence electrons. The average molecular weight is 486 g/mol. The molecule has 0 unspecified atom stereocenters. The van der Waals surface area contributed by atoms with Crippen molar-refractivity contribution in [2.45, 2.75) is 12.5 Å². The molecule has 0 radical (unpaired) electrons. The van der Waals surface area contributed by atoms with Crippen molar-refractivity contribution in [2.75, 3.05) is 16.4 Å². The van der Waals surface area contributed by atoms with Crippen molar-refractivity contribution in [1.82, 2.24) is 0 Å². The second-order valence-electron chi connectivity index (χ2n) is 7.97. The van der Waals surface area contributed by atoms with Gasteiger partial charge >= 0.3 is 6.09 Å². The van der Waals surface area contributed by atoms with Crippen molar-refractivity contribution in [2.24, 2.45) is 0 Å². The Hall–Kier alpha value is -4.85. The molecule has 5 N–H and O–H groups in total. The summed E-state index contributed by atoms with van der Waals surface area (Å²) in [6.45, 7) is 0. The predicted octanol–water partition coefficient (Wildman–Crippen LogP) is 6.14. The summed E-state index contributed by atoms with van der Waals surface area (Å²) in [7, 11) is 0. The van der Waals surface area contributed by atoms with Gasteiger partial charge in [-0.1, -0.05) is 60.7 Å². The number of aromatic hydroxyl groups is 1. The number of rotatable bonds is 7. The number of nitrogens with one attached hydrogen (secondary N) is 2. The van der Waals surface area contributed by atoms with Crippen molar-refractivity contribution in [1.29, 1.82) is 0 Å². The third-order valence-electron chi connectivity index (χ3n) is 5.46. The zero-order valence-electron chi connectivity index (χ0n) is 19.1. The molecule has 4 aromatic carbocycles. The van der Waals surface area contributed by atoms with E-state index in [1.54, 1.807) is 30.3 Å². The molecule has 0 aliphatic carbocycles. The van der Waals surface area contributed by atoms with Crippen LogP contribution in [0.5, 0.6) is 5.75 Å². The van der Waals surface area contributed by atoms with Crippen LogP contribution in [0.25, 0.3) is 10.8 Å². The standard InChI is InChI=1S/C28H24FN3O4/c29-21-17-19(15-16-25(21)33)26(13-6-14-27(34)31-24-11-4-3-10-22(24)30)36-28(35)32-23-12-5-8-18-7-1-2-9-20(18)23/h1-12,14-17,26,33H,13,30H2,(H,31,34)(H,32,35)/b14-6+/t26-/m0/s1. The smallest absolute Gasteiger partial charge is 0.412 e. The van der Waals surface area contributed by atoms with Gasteiger partial charge in [-0.2, -0.15) is 0 Å². The summed E-state index contributed by atoms with van der Waals surface area (Å²) in [6.07, 6.45) is 1.18. The molecule has 8 heteroatoms. The number of ether oxygens (including phenoxy) is 1. The lowest BCUT2D eigenvalue weighted by atomic mass is 10.1. The van der Waals surface area contributed by atoms with Crippen LogP contribution >= 0.6 is 0 Å². The minimum Gasteiger partial charge on any atom is -0.505 e. The number of phenols is 1. The molecule has 0 aliphatic rings. The molecule has 0 spiro atoms. The van der Waals surface area contributed by atoms with Crippen LogP contribution in [0.2, 0.25) is 0 Å². The van der Waals surface area contributed by atoms with Gasteiger partial charge in [-0.05, 0) is 47.4 Å². The van der Waals surface area contributed by atoms with Gasteiger partial charge in [0.15, 0.2) is 11.6 Å². The Balaban J connectivity index is 1.49. The molecule has 0 aromatic heterocycles. The maximum Gasteiger partial charge on any atom is 0.412 e. The fraction of sp³-hybridized carbons (Fsp3) is 0.0714. The number of amides is 2. The van der Waals surface area contributed by atoms with Crippen LogP contribution < -0.4 is 16.4 Å². The van der Waals surface area contributed by atoms with Crippen LogP contribution in [0.3, 0.4) is 0 Å². The first-order valence-corrected chi connectivity index (χ1v) is 11.2. The van der Waals surface area contributed by atoms with Crippen LogP contribution in [0.15, 0.2) is 97.1 Å². The molecule has 4 rings (SSSR count). The number of hydrogen-bond acceptors (Lipinski definition) is 5. The van der Waals surface area contributed by atoms with Gasteiger partial charge in [0.2, 0.25) is 5.91 Å². The SMILES string of the molecule is Nc1ccccc1NC(=O)/C=C/C[C@H](OC(=O)Nc1cccc2ccccc12)c1ccc(O)c(F)c1. The lowest BCUT2D eigenvalue weighted by molar-refractivity contribution is -0.111. The van der Waals surface area contributed by atoms with Gasteiger partial charge in [-0.25, -0.2) is 9.18 Å². The number of carbonyl (C=O) groups excluding carboxylic acids is 2. The molecule has 0 heterocycles. The van der Waals surface area contributed by atoms with Crippen LogP contribution in [-0.2, 0) is 9.53 Å². The van der Waals surface area contributed by atoms with Crippen LogP contribution in [-0.4, -0.2) is 17.1 Å². The Morgan fingerprint density at radius 2 is 1.67 bits per heavy atom. The summed E-state index contributed by atoms with van der Waals surface area (Å²) >= 11 is 0. The van der Waals surface area contributed by atoms with Crippen molar-refractivity contribution >= 4 is 39.8 Å². The van der Waals surface area contributed by atoms with Gasteiger partial charge in [-0.3, -0.25) is 10.1 Å². The molecule has 0 fully saturated rings. The highest BCUT2D eigenvalue weighted by Gasteiger charge is 2.18. The maximum absolute atomic E-state index is 14.0. The highest BCUT2D eigenvalue weighted by Crippen LogP contribution is 2.28. The number of carbonyl (C=O) groups is 2. The topological polar surface area (TPSA) is 114 Å². The first kappa shape index (κ1) is 24.3. The quantitative estimate of drug-likeness (QED) is 0.185. The van der Waals surface area contributed by atoms with E-state index in [1.807, 2.05) is 36.4 Å². The van der Waals surface area contributed by atoms with Crippen molar-refractivity contribution in [3.8, 4) is 5.75 Å². The van der Waals surface area contributed by atoms with Gasteiger partial charge in [0, 0.05) is 11.8 Å². The first-order valence-electron chi connectivity index (χ1n) is 11.2. The Kier molecular flexibility index (Phi) is 7.45. The Morgan fingerprint density at radius 3 is 2.47 bits per heavy atom. The van der Waals surface area contributed by atoms with E-state index in [-0.39, 0.29) is 6.42 Å². The monoisotopic (exact) mass is 485 g/mol. The lowest BCUT2D eigenvalue weighted by Gasteiger charge is -2.18. The summed E-state index contributed by atoms with van der Waals surface area (Å²) < 4.78 is 19.6. The summed E-state index contributed by atoms with van der Waals surface area (Å²) in [5.74, 6) is -1.80. The van der Waals surface area contributed by atoms with Gasteiger partial charge in [-0.15, -0.1) is 0 Å². The predicted molar refractivity (Wildman–Crippen MR) is 138 cm³/mol. The van der Waals surface area contributed by atoms with E-state index in [4.69, 9.17) is 10.5 Å². The second-order valence-corrected chi connectivity index (χ2v) is 7.97. The number of benzene rings is 4. The Morgan fingerprint density at radius 1 is 0.944 bits per heavy atom. The molecule has 7 nitrogen and oxygen atoms in total. The zero-order chi connectivity index (χ0) is 25.5. The number of nitrogens with two attached hydrogens (primary N) is 1. The van der Waals surface area contributed by atoms with E-state index >= 15 is 0 Å². The zero-order valence-corrected chi connectivity index (χ0v) is 19.1. The molecular formula is C28H24FN3O4. The normalized spacial score (nSPS) is 11.8. The molecular weight excluding hydrogens is 461 g/mol. The van der Waals surface area contributed by atoms with E-state index in [0.717, 1.165) is 16.8 Å². The average Bonchev–Trinajstić information content (AvgIpc) is 2.87. The van der Waals surface area contributed by atoms with Crippen molar-refractivity contribution < 1.29 is 23.8 Å². The number of anilines is 3. The molecule has 0 bridgehead atoms. The Bertz CT molecular complexity index is 1430. The van der Waals surface area contributed by atoms with Gasteiger partial charge in [0.05, 0.1) is 17.1 Å². The second kappa shape index (κ2) is 11.1. The number of nitrogen functional groups attached to an aromatic ring is 1. The molecule has 2 amide bonds. The van der Waals surface area contributed by atoms with E-state index in [0.29, 0.717) is 22.6 Å². The first-order chi connectivity index (χ1) is 17.4. The van der Waals surface area contributed by atoms with Gasteiger partial charge in [0.25, 0.3) is 0 Å². The largest absolute Gasteiger partial charge is 0.505 e. The van der Waals surface area contributed by atoms with Crippen LogP contribution in [0.4, 0.5) is 26.2 Å². The molecule has 1 atom stereocenters. The fourth-order valence-electron chi connectivity index (χ4n) is 3.66. The van der Waals surface area contributed by atoms with Gasteiger partial charge < -0.3 is 20.9 Å². The maximum atomic E-state index is 14.0. The summed E-state index contributed by atoms with van der Waals surface area (Å²) in [5.41, 5.74) is 7.61. The summed E-state index contributed by atoms with van der Waals surface area (Å²) in [5, 5.41) is 16.7. The third-order valence-corrected chi connectivity index (χ3v) is 5.46. The third kappa shape index (κ3) is 5.98. The number of phenolic OH excluding ortho intramolecular Hbond substituents is 1. The van der Waals surface area contributed by atoms with Crippen LogP contribution in [0.1, 0.15) is 18.1 Å². The van der Waals surface area contributed by atoms with E-state index in [2.05, 4.69) is 10.6 Å². The summed E-state index contributed by atoms with van der Waals surface area (Å²) in [6, 6.07) is 23.6. The van der Waals surface area contributed by atoms with Gasteiger partial charge in [0.1, 0.15) is 6.10 Å². The lowest BCUT2D eigenvalue weighted by Crippen LogP contribution is -2.18.